The Kier molecular flexibility index (Phi) is 3.05. The van der Waals surface area contributed by atoms with E-state index < -0.39 is 10.0 Å². The van der Waals surface area contributed by atoms with Crippen LogP contribution in [0.5, 0.6) is 0 Å². The fraction of sp³-hybridized carbons (Fsp3) is 0.571. The largest absolute Gasteiger partial charge is 0.253 e. The molecule has 74 valence electrons. The van der Waals surface area contributed by atoms with E-state index >= 15 is 0 Å². The molecule has 0 amide bonds. The molecule has 1 rings (SSSR count). The average molecular weight is 220 g/mol. The number of hydrogen-bond acceptors (Lipinski definition) is 4. The lowest BCUT2D eigenvalue weighted by Gasteiger charge is -2.11. The number of sulfonamides is 1. The van der Waals surface area contributed by atoms with Crippen LogP contribution in [0.1, 0.15) is 11.9 Å². The Balaban J connectivity index is 3.08. The van der Waals surface area contributed by atoms with Gasteiger partial charge in [0.25, 0.3) is 10.0 Å². The van der Waals surface area contributed by atoms with Crippen molar-refractivity contribution in [2.75, 3.05) is 13.6 Å². The molecule has 1 heterocycles. The molecule has 0 fully saturated rings. The lowest BCUT2D eigenvalue weighted by atomic mass is 10.8. The van der Waals surface area contributed by atoms with E-state index in [2.05, 4.69) is 4.98 Å². The van der Waals surface area contributed by atoms with Crippen LogP contribution in [0.25, 0.3) is 0 Å². The van der Waals surface area contributed by atoms with Gasteiger partial charge >= 0.3 is 0 Å². The Morgan fingerprint density at radius 1 is 1.62 bits per heavy atom. The molecule has 0 aliphatic heterocycles. The number of aryl methyl sites for hydroxylation is 1. The Hall–Kier alpha value is -0.460. The molecule has 0 radical (unpaired) electrons. The number of hydrogen-bond donors (Lipinski definition) is 0. The Morgan fingerprint density at radius 2 is 2.23 bits per heavy atom. The minimum atomic E-state index is -3.28. The topological polar surface area (TPSA) is 50.3 Å². The maximum atomic E-state index is 11.7. The molecule has 0 bridgehead atoms. The number of rotatable bonds is 3. The van der Waals surface area contributed by atoms with Crippen molar-refractivity contribution in [3.63, 3.8) is 0 Å². The van der Waals surface area contributed by atoms with E-state index in [4.69, 9.17) is 0 Å². The molecule has 0 spiro atoms. The summed E-state index contributed by atoms with van der Waals surface area (Å²) in [5, 5.41) is 0.767. The molecule has 0 unspecified atom stereocenters. The van der Waals surface area contributed by atoms with E-state index in [1.54, 1.807) is 20.9 Å². The highest BCUT2D eigenvalue weighted by Gasteiger charge is 2.21. The van der Waals surface area contributed by atoms with Crippen molar-refractivity contribution in [3.8, 4) is 0 Å². The lowest BCUT2D eigenvalue weighted by molar-refractivity contribution is 0.488. The van der Waals surface area contributed by atoms with Gasteiger partial charge in [-0.15, -0.1) is 11.3 Å². The van der Waals surface area contributed by atoms with Crippen molar-refractivity contribution >= 4 is 21.4 Å². The van der Waals surface area contributed by atoms with Crippen LogP contribution in [0, 0.1) is 6.92 Å². The summed E-state index contributed by atoms with van der Waals surface area (Å²) in [5.41, 5.74) is 0. The van der Waals surface area contributed by atoms with E-state index in [9.17, 15) is 8.42 Å². The summed E-state index contributed by atoms with van der Waals surface area (Å²) in [6, 6.07) is 0. The zero-order valence-electron chi connectivity index (χ0n) is 7.81. The molecular weight excluding hydrogens is 208 g/mol. The molecular formula is C7H12N2O2S2. The van der Waals surface area contributed by atoms with Crippen LogP contribution in [0.4, 0.5) is 0 Å². The van der Waals surface area contributed by atoms with Gasteiger partial charge in [0.1, 0.15) is 0 Å². The normalized spacial score (nSPS) is 12.3. The summed E-state index contributed by atoms with van der Waals surface area (Å²) in [6.07, 6.45) is 1.40. The molecule has 0 N–H and O–H groups in total. The zero-order chi connectivity index (χ0) is 10.1. The van der Waals surface area contributed by atoms with E-state index in [0.29, 0.717) is 10.8 Å². The molecule has 1 aromatic heterocycles. The molecule has 0 saturated carbocycles. The standard InChI is InChI=1S/C7H12N2O2S2/c1-4-9(3)13(10,11)7-5-8-6(2)12-7/h5H,4H2,1-3H3. The highest BCUT2D eigenvalue weighted by molar-refractivity contribution is 7.91. The molecule has 4 nitrogen and oxygen atoms in total. The van der Waals surface area contributed by atoms with Gasteiger partial charge < -0.3 is 0 Å². The van der Waals surface area contributed by atoms with Crippen molar-refractivity contribution in [1.29, 1.82) is 0 Å². The summed E-state index contributed by atoms with van der Waals surface area (Å²) in [4.78, 5) is 3.91. The first-order valence-corrected chi connectivity index (χ1v) is 6.13. The number of aromatic nitrogens is 1. The Labute approximate surface area is 82.3 Å². The van der Waals surface area contributed by atoms with Gasteiger partial charge in [-0.25, -0.2) is 17.7 Å². The van der Waals surface area contributed by atoms with Crippen molar-refractivity contribution < 1.29 is 8.42 Å². The first kappa shape index (κ1) is 10.6. The Morgan fingerprint density at radius 3 is 2.62 bits per heavy atom. The van der Waals surface area contributed by atoms with E-state index in [-0.39, 0.29) is 0 Å². The molecule has 0 aromatic carbocycles. The molecule has 1 aromatic rings. The van der Waals surface area contributed by atoms with Gasteiger partial charge in [0, 0.05) is 13.6 Å². The van der Waals surface area contributed by atoms with Crippen LogP contribution in [0.3, 0.4) is 0 Å². The van der Waals surface area contributed by atoms with Crippen molar-refractivity contribution in [2.24, 2.45) is 0 Å². The number of nitrogens with zero attached hydrogens (tertiary/aromatic N) is 2. The third-order valence-electron chi connectivity index (χ3n) is 1.71. The summed E-state index contributed by atoms with van der Waals surface area (Å²) < 4.78 is 25.0. The van der Waals surface area contributed by atoms with Crippen LogP contribution < -0.4 is 0 Å². The number of thiazole rings is 1. The summed E-state index contributed by atoms with van der Waals surface area (Å²) >= 11 is 1.20. The molecule has 0 aliphatic rings. The maximum absolute atomic E-state index is 11.7. The second kappa shape index (κ2) is 3.73. The van der Waals surface area contributed by atoms with Crippen LogP contribution >= 0.6 is 11.3 Å². The average Bonchev–Trinajstić information content (AvgIpc) is 2.50. The van der Waals surface area contributed by atoms with Gasteiger partial charge in [-0.3, -0.25) is 0 Å². The van der Waals surface area contributed by atoms with Gasteiger partial charge in [0.15, 0.2) is 4.21 Å². The van der Waals surface area contributed by atoms with Gasteiger partial charge in [-0.1, -0.05) is 6.92 Å². The van der Waals surface area contributed by atoms with Crippen LogP contribution in [0.15, 0.2) is 10.4 Å². The minimum absolute atomic E-state index is 0.314. The summed E-state index contributed by atoms with van der Waals surface area (Å²) in [5.74, 6) is 0. The molecule has 6 heteroatoms. The second-order valence-corrected chi connectivity index (χ2v) is 6.12. The molecule has 0 aliphatic carbocycles. The monoisotopic (exact) mass is 220 g/mol. The molecule has 0 atom stereocenters. The minimum Gasteiger partial charge on any atom is -0.249 e. The SMILES string of the molecule is CCN(C)S(=O)(=O)c1cnc(C)s1. The van der Waals surface area contributed by atoms with E-state index in [1.807, 2.05) is 0 Å². The smallest absolute Gasteiger partial charge is 0.249 e. The van der Waals surface area contributed by atoms with Gasteiger partial charge in [-0.2, -0.15) is 0 Å². The fourth-order valence-electron chi connectivity index (χ4n) is 0.785. The van der Waals surface area contributed by atoms with Crippen LogP contribution in [-0.2, 0) is 10.0 Å². The lowest BCUT2D eigenvalue weighted by Crippen LogP contribution is -2.25. The first-order valence-electron chi connectivity index (χ1n) is 3.87. The Bertz CT molecular complexity index is 383. The second-order valence-electron chi connectivity index (χ2n) is 2.62. The third kappa shape index (κ3) is 2.07. The highest BCUT2D eigenvalue weighted by Crippen LogP contribution is 2.20. The molecule has 0 saturated heterocycles. The zero-order valence-corrected chi connectivity index (χ0v) is 9.44. The van der Waals surface area contributed by atoms with Gasteiger partial charge in [0.05, 0.1) is 11.2 Å². The van der Waals surface area contributed by atoms with E-state index in [1.165, 1.54) is 21.8 Å². The predicted molar refractivity (Wildman–Crippen MR) is 52.3 cm³/mol. The molecule has 13 heavy (non-hydrogen) atoms. The van der Waals surface area contributed by atoms with E-state index in [0.717, 1.165) is 5.01 Å². The third-order valence-corrected chi connectivity index (χ3v) is 4.99. The summed E-state index contributed by atoms with van der Waals surface area (Å²) in [7, 11) is -1.72. The highest BCUT2D eigenvalue weighted by atomic mass is 32.2. The first-order chi connectivity index (χ1) is 5.98. The van der Waals surface area contributed by atoms with Crippen molar-refractivity contribution in [3.05, 3.63) is 11.2 Å². The van der Waals surface area contributed by atoms with Crippen molar-refractivity contribution in [2.45, 2.75) is 18.1 Å². The quantitative estimate of drug-likeness (QED) is 0.766. The van der Waals surface area contributed by atoms with Gasteiger partial charge in [-0.05, 0) is 6.92 Å². The maximum Gasteiger partial charge on any atom is 0.253 e. The van der Waals surface area contributed by atoms with Crippen LogP contribution in [0.2, 0.25) is 0 Å². The predicted octanol–water partition coefficient (Wildman–Crippen LogP) is 1.09. The van der Waals surface area contributed by atoms with Crippen molar-refractivity contribution in [1.82, 2.24) is 9.29 Å². The fourth-order valence-corrected chi connectivity index (χ4v) is 3.28. The summed E-state index contributed by atoms with van der Waals surface area (Å²) in [6.45, 7) is 4.06. The van der Waals surface area contributed by atoms with Gasteiger partial charge in [0.2, 0.25) is 0 Å². The van der Waals surface area contributed by atoms with Crippen LogP contribution in [-0.4, -0.2) is 31.3 Å².